The van der Waals surface area contributed by atoms with E-state index in [9.17, 15) is 9.59 Å². The van der Waals surface area contributed by atoms with Crippen molar-refractivity contribution >= 4 is 28.2 Å². The van der Waals surface area contributed by atoms with Crippen LogP contribution in [0.15, 0.2) is 30.6 Å². The summed E-state index contributed by atoms with van der Waals surface area (Å²) in [5, 5.41) is 3.25. The van der Waals surface area contributed by atoms with E-state index in [1.807, 2.05) is 6.92 Å². The summed E-state index contributed by atoms with van der Waals surface area (Å²) in [5.41, 5.74) is 0.868. The molecule has 6 heteroatoms. The molecule has 2 heterocycles. The highest BCUT2D eigenvalue weighted by atomic mass is 32.1. The highest BCUT2D eigenvalue weighted by Crippen LogP contribution is 2.29. The van der Waals surface area contributed by atoms with Gasteiger partial charge in [-0.3, -0.25) is 9.78 Å². The SMILES string of the molecule is Cc1cc(C(=O)OC(C)C)c(NC(=O)c2ccncc2)s1. The van der Waals surface area contributed by atoms with Crippen molar-refractivity contribution < 1.29 is 14.3 Å². The summed E-state index contributed by atoms with van der Waals surface area (Å²) in [6.45, 7) is 5.44. The van der Waals surface area contributed by atoms with Gasteiger partial charge in [0.15, 0.2) is 0 Å². The molecule has 0 saturated carbocycles. The van der Waals surface area contributed by atoms with E-state index >= 15 is 0 Å². The van der Waals surface area contributed by atoms with Gasteiger partial charge in [0, 0.05) is 22.8 Å². The molecule has 21 heavy (non-hydrogen) atoms. The smallest absolute Gasteiger partial charge is 0.341 e. The Kier molecular flexibility index (Phi) is 4.70. The lowest BCUT2D eigenvalue weighted by molar-refractivity contribution is 0.0379. The molecule has 0 aliphatic rings. The molecule has 0 aliphatic carbocycles. The fourth-order valence-corrected chi connectivity index (χ4v) is 2.61. The molecular weight excluding hydrogens is 288 g/mol. The second-order valence-corrected chi connectivity index (χ2v) is 6.00. The Balaban J connectivity index is 2.21. The number of thiophene rings is 1. The molecule has 2 rings (SSSR count). The summed E-state index contributed by atoms with van der Waals surface area (Å²) in [6.07, 6.45) is 2.88. The van der Waals surface area contributed by atoms with E-state index in [-0.39, 0.29) is 12.0 Å². The zero-order valence-electron chi connectivity index (χ0n) is 12.0. The monoisotopic (exact) mass is 304 g/mol. The largest absolute Gasteiger partial charge is 0.459 e. The third-order valence-electron chi connectivity index (χ3n) is 2.59. The Morgan fingerprint density at radius 1 is 1.29 bits per heavy atom. The predicted molar refractivity (Wildman–Crippen MR) is 81.8 cm³/mol. The average molecular weight is 304 g/mol. The zero-order chi connectivity index (χ0) is 15.4. The first-order chi connectivity index (χ1) is 9.97. The highest BCUT2D eigenvalue weighted by molar-refractivity contribution is 7.16. The maximum absolute atomic E-state index is 12.1. The van der Waals surface area contributed by atoms with Gasteiger partial charge in [0.1, 0.15) is 5.00 Å². The summed E-state index contributed by atoms with van der Waals surface area (Å²) >= 11 is 1.34. The molecule has 2 aromatic rings. The van der Waals surface area contributed by atoms with Crippen molar-refractivity contribution in [3.8, 4) is 0 Å². The van der Waals surface area contributed by atoms with E-state index in [1.165, 1.54) is 11.3 Å². The van der Waals surface area contributed by atoms with Gasteiger partial charge in [-0.1, -0.05) is 0 Å². The molecule has 0 aliphatic heterocycles. The van der Waals surface area contributed by atoms with Gasteiger partial charge < -0.3 is 10.1 Å². The van der Waals surface area contributed by atoms with Crippen molar-refractivity contribution in [1.82, 2.24) is 4.98 Å². The third kappa shape index (κ3) is 3.88. The number of nitrogens with zero attached hydrogens (tertiary/aromatic N) is 1. The maximum atomic E-state index is 12.1. The summed E-state index contributed by atoms with van der Waals surface area (Å²) < 4.78 is 5.18. The topological polar surface area (TPSA) is 68.3 Å². The predicted octanol–water partition coefficient (Wildman–Crippen LogP) is 3.27. The van der Waals surface area contributed by atoms with Crippen LogP contribution in [-0.4, -0.2) is 23.0 Å². The van der Waals surface area contributed by atoms with Crippen LogP contribution in [0.3, 0.4) is 0 Å². The van der Waals surface area contributed by atoms with E-state index in [0.29, 0.717) is 16.1 Å². The quantitative estimate of drug-likeness (QED) is 0.880. The van der Waals surface area contributed by atoms with Crippen molar-refractivity contribution in [3.63, 3.8) is 0 Å². The lowest BCUT2D eigenvalue weighted by atomic mass is 10.2. The number of aromatic nitrogens is 1. The second-order valence-electron chi connectivity index (χ2n) is 4.74. The second kappa shape index (κ2) is 6.49. The van der Waals surface area contributed by atoms with E-state index < -0.39 is 5.97 Å². The molecule has 1 N–H and O–H groups in total. The van der Waals surface area contributed by atoms with Crippen LogP contribution in [0.5, 0.6) is 0 Å². The van der Waals surface area contributed by atoms with Gasteiger partial charge >= 0.3 is 5.97 Å². The first kappa shape index (κ1) is 15.2. The molecular formula is C15H16N2O3S. The van der Waals surface area contributed by atoms with E-state index in [1.54, 1.807) is 44.4 Å². The third-order valence-corrected chi connectivity index (χ3v) is 3.55. The summed E-state index contributed by atoms with van der Waals surface area (Å²) in [5.74, 6) is -0.711. The minimum atomic E-state index is -0.431. The van der Waals surface area contributed by atoms with Gasteiger partial charge in [0.05, 0.1) is 11.7 Å². The van der Waals surface area contributed by atoms with Crippen molar-refractivity contribution in [2.45, 2.75) is 26.9 Å². The van der Waals surface area contributed by atoms with Gasteiger partial charge in [-0.2, -0.15) is 0 Å². The number of aryl methyl sites for hydroxylation is 1. The van der Waals surface area contributed by atoms with Gasteiger partial charge in [-0.15, -0.1) is 11.3 Å². The normalized spacial score (nSPS) is 10.5. The van der Waals surface area contributed by atoms with Crippen molar-refractivity contribution in [2.24, 2.45) is 0 Å². The maximum Gasteiger partial charge on any atom is 0.341 e. The number of ether oxygens (including phenoxy) is 1. The minimum Gasteiger partial charge on any atom is -0.459 e. The van der Waals surface area contributed by atoms with Gasteiger partial charge in [0.2, 0.25) is 0 Å². The summed E-state index contributed by atoms with van der Waals surface area (Å²) in [7, 11) is 0. The van der Waals surface area contributed by atoms with Crippen LogP contribution in [0.4, 0.5) is 5.00 Å². The molecule has 110 valence electrons. The molecule has 0 radical (unpaired) electrons. The molecule has 0 unspecified atom stereocenters. The molecule has 0 bridgehead atoms. The van der Waals surface area contributed by atoms with E-state index in [4.69, 9.17) is 4.74 Å². The lowest BCUT2D eigenvalue weighted by Crippen LogP contribution is -2.16. The van der Waals surface area contributed by atoms with E-state index in [2.05, 4.69) is 10.3 Å². The van der Waals surface area contributed by atoms with Gasteiger partial charge in [0.25, 0.3) is 5.91 Å². The molecule has 0 spiro atoms. The number of carbonyl (C=O) groups excluding carboxylic acids is 2. The number of pyridine rings is 1. The molecule has 2 aromatic heterocycles. The Morgan fingerprint density at radius 2 is 1.95 bits per heavy atom. The summed E-state index contributed by atoms with van der Waals surface area (Å²) in [4.78, 5) is 29.0. The number of carbonyl (C=O) groups is 2. The van der Waals surface area contributed by atoms with Crippen LogP contribution in [0, 0.1) is 6.92 Å². The highest BCUT2D eigenvalue weighted by Gasteiger charge is 2.19. The zero-order valence-corrected chi connectivity index (χ0v) is 12.9. The van der Waals surface area contributed by atoms with Crippen LogP contribution >= 0.6 is 11.3 Å². The average Bonchev–Trinajstić information content (AvgIpc) is 2.80. The fraction of sp³-hybridized carbons (Fsp3) is 0.267. The molecule has 0 atom stereocenters. The standard InChI is InChI=1S/C15H16N2O3S/c1-9(2)20-15(19)12-8-10(3)21-14(12)17-13(18)11-4-6-16-7-5-11/h4-9H,1-3H3,(H,17,18). The molecule has 5 nitrogen and oxygen atoms in total. The molecule has 1 amide bonds. The Labute approximate surface area is 127 Å². The Hall–Kier alpha value is -2.21. The van der Waals surface area contributed by atoms with Crippen molar-refractivity contribution in [2.75, 3.05) is 5.32 Å². The number of amides is 1. The number of hydrogen-bond acceptors (Lipinski definition) is 5. The van der Waals surface area contributed by atoms with Crippen LogP contribution in [0.25, 0.3) is 0 Å². The molecule has 0 saturated heterocycles. The summed E-state index contributed by atoms with van der Waals surface area (Å²) in [6, 6.07) is 4.95. The first-order valence-corrected chi connectivity index (χ1v) is 7.32. The van der Waals surface area contributed by atoms with Crippen LogP contribution in [-0.2, 0) is 4.74 Å². The Bertz CT molecular complexity index is 650. The van der Waals surface area contributed by atoms with E-state index in [0.717, 1.165) is 4.88 Å². The Morgan fingerprint density at radius 3 is 2.57 bits per heavy atom. The van der Waals surface area contributed by atoms with Crippen molar-refractivity contribution in [3.05, 3.63) is 46.6 Å². The fourth-order valence-electron chi connectivity index (χ4n) is 1.71. The molecule has 0 aromatic carbocycles. The van der Waals surface area contributed by atoms with Crippen molar-refractivity contribution in [1.29, 1.82) is 0 Å². The number of nitrogens with one attached hydrogen (secondary N) is 1. The number of hydrogen-bond donors (Lipinski definition) is 1. The van der Waals surface area contributed by atoms with Gasteiger partial charge in [-0.05, 0) is 39.0 Å². The first-order valence-electron chi connectivity index (χ1n) is 6.50. The lowest BCUT2D eigenvalue weighted by Gasteiger charge is -2.09. The van der Waals surface area contributed by atoms with Crippen LogP contribution < -0.4 is 5.32 Å². The number of rotatable bonds is 4. The number of esters is 1. The van der Waals surface area contributed by atoms with Crippen LogP contribution in [0.2, 0.25) is 0 Å². The van der Waals surface area contributed by atoms with Crippen LogP contribution in [0.1, 0.15) is 39.4 Å². The minimum absolute atomic E-state index is 0.207. The molecule has 0 fully saturated rings. The number of anilines is 1. The van der Waals surface area contributed by atoms with Gasteiger partial charge in [-0.25, -0.2) is 4.79 Å².